The molecule has 0 unspecified atom stereocenters. The van der Waals surface area contributed by atoms with E-state index in [1.165, 1.54) is 74.7 Å². The van der Waals surface area contributed by atoms with Gasteiger partial charge in [-0.3, -0.25) is 0 Å². The van der Waals surface area contributed by atoms with Crippen LogP contribution in [0.2, 0.25) is 0 Å². The molecule has 0 N–H and O–H groups in total. The molecule has 0 bridgehead atoms. The van der Waals surface area contributed by atoms with Crippen molar-refractivity contribution in [2.24, 2.45) is 0 Å². The van der Waals surface area contributed by atoms with Crippen LogP contribution in [0.1, 0.15) is 0 Å². The summed E-state index contributed by atoms with van der Waals surface area (Å²) in [6.45, 7) is 0. The lowest BCUT2D eigenvalue weighted by Gasteiger charge is -2.31. The van der Waals surface area contributed by atoms with E-state index < -0.39 is 8.07 Å². The third-order valence-electron chi connectivity index (χ3n) is 9.60. The van der Waals surface area contributed by atoms with Gasteiger partial charge >= 0.3 is 0 Å². The lowest BCUT2D eigenvalue weighted by Crippen LogP contribution is -2.72. The molecule has 1 aliphatic heterocycles. The predicted octanol–water partition coefficient (Wildman–Crippen LogP) is 9.26. The Morgan fingerprint density at radius 3 is 1.48 bits per heavy atom. The lowest BCUT2D eigenvalue weighted by atomic mass is 9.96. The molecule has 0 atom stereocenters. The van der Waals surface area contributed by atoms with Gasteiger partial charge in [-0.1, -0.05) is 182 Å². The van der Waals surface area contributed by atoms with Crippen molar-refractivity contribution in [3.05, 3.63) is 182 Å². The molecule has 0 fully saturated rings. The van der Waals surface area contributed by atoms with Crippen LogP contribution in [0, 0.1) is 0 Å². The zero-order valence-corrected chi connectivity index (χ0v) is 27.0. The van der Waals surface area contributed by atoms with E-state index >= 15 is 0 Å². The standard InChI is InChI=1S/C44H30SSi/c1-4-15-31(16-5-1)32-27-29-33(30-28-32)43-36-21-10-11-22-37(36)44(45-43)39-24-14-26-41-42(39)38-23-12-13-25-40(38)46(41,34-17-6-2-7-18-34)35-19-8-3-9-20-35/h1-30H. The van der Waals surface area contributed by atoms with Crippen molar-refractivity contribution in [3.8, 4) is 43.1 Å². The maximum Gasteiger partial charge on any atom is 0.180 e. The third kappa shape index (κ3) is 4.04. The fraction of sp³-hybridized carbons (Fsp3) is 0. The molecule has 0 saturated carbocycles. The number of fused-ring (bicyclic) bond motifs is 4. The van der Waals surface area contributed by atoms with Crippen LogP contribution in [0.25, 0.3) is 53.9 Å². The van der Waals surface area contributed by atoms with E-state index in [2.05, 4.69) is 182 Å². The second kappa shape index (κ2) is 11.0. The van der Waals surface area contributed by atoms with Gasteiger partial charge in [-0.15, -0.1) is 11.3 Å². The Labute approximate surface area is 274 Å². The van der Waals surface area contributed by atoms with Crippen LogP contribution in [0.5, 0.6) is 0 Å². The van der Waals surface area contributed by atoms with Crippen LogP contribution in [-0.2, 0) is 0 Å². The van der Waals surface area contributed by atoms with Crippen molar-refractivity contribution < 1.29 is 0 Å². The molecular weight excluding hydrogens is 589 g/mol. The third-order valence-corrected chi connectivity index (χ3v) is 15.8. The van der Waals surface area contributed by atoms with Crippen molar-refractivity contribution in [3.63, 3.8) is 0 Å². The Morgan fingerprint density at radius 2 is 0.804 bits per heavy atom. The van der Waals surface area contributed by atoms with Gasteiger partial charge < -0.3 is 0 Å². The first-order valence-corrected chi connectivity index (χ1v) is 18.7. The van der Waals surface area contributed by atoms with Crippen molar-refractivity contribution >= 4 is 50.9 Å². The summed E-state index contributed by atoms with van der Waals surface area (Å²) in [6.07, 6.45) is 0. The smallest absolute Gasteiger partial charge is 0.134 e. The first-order chi connectivity index (χ1) is 22.8. The topological polar surface area (TPSA) is 0 Å². The summed E-state index contributed by atoms with van der Waals surface area (Å²) in [7, 11) is -2.55. The van der Waals surface area contributed by atoms with E-state index in [1.807, 2.05) is 11.3 Å². The molecule has 46 heavy (non-hydrogen) atoms. The maximum absolute atomic E-state index is 2.55. The normalized spacial score (nSPS) is 13.0. The van der Waals surface area contributed by atoms with Crippen molar-refractivity contribution in [1.29, 1.82) is 0 Å². The Hall–Kier alpha value is -5.28. The molecule has 0 amide bonds. The molecule has 0 saturated heterocycles. The maximum atomic E-state index is 2.42. The number of hydrogen-bond donors (Lipinski definition) is 0. The number of rotatable bonds is 5. The van der Waals surface area contributed by atoms with Crippen LogP contribution in [-0.4, -0.2) is 8.07 Å². The van der Waals surface area contributed by atoms with E-state index in [9.17, 15) is 0 Å². The van der Waals surface area contributed by atoms with E-state index in [0.29, 0.717) is 0 Å². The van der Waals surface area contributed by atoms with Crippen molar-refractivity contribution in [2.75, 3.05) is 0 Å². The van der Waals surface area contributed by atoms with Gasteiger partial charge in [0.25, 0.3) is 0 Å². The van der Waals surface area contributed by atoms with Crippen molar-refractivity contribution in [2.45, 2.75) is 0 Å². The van der Waals surface area contributed by atoms with Crippen molar-refractivity contribution in [1.82, 2.24) is 0 Å². The van der Waals surface area contributed by atoms with Gasteiger partial charge in [-0.2, -0.15) is 0 Å². The molecule has 9 rings (SSSR count). The molecule has 0 nitrogen and oxygen atoms in total. The zero-order valence-electron chi connectivity index (χ0n) is 25.2. The zero-order chi connectivity index (χ0) is 30.5. The minimum atomic E-state index is -2.55. The van der Waals surface area contributed by atoms with Gasteiger partial charge in [0.05, 0.1) is 0 Å². The summed E-state index contributed by atoms with van der Waals surface area (Å²) in [5.74, 6) is 0. The molecule has 2 heterocycles. The SMILES string of the molecule is c1ccc(-c2ccc(-c3sc(-c4cccc5c4-c4ccccc4[Si]5(c4ccccc4)c4ccccc4)c4ccccc34)cc2)cc1. The average molecular weight is 619 g/mol. The second-order valence-corrected chi connectivity index (χ2v) is 16.8. The first kappa shape index (κ1) is 27.1. The molecular formula is C44H30SSi. The second-order valence-electron chi connectivity index (χ2n) is 12.0. The fourth-order valence-electron chi connectivity index (χ4n) is 7.63. The quantitative estimate of drug-likeness (QED) is 0.169. The van der Waals surface area contributed by atoms with E-state index in [-0.39, 0.29) is 0 Å². The van der Waals surface area contributed by atoms with Gasteiger partial charge in [-0.25, -0.2) is 0 Å². The van der Waals surface area contributed by atoms with E-state index in [4.69, 9.17) is 0 Å². The minimum absolute atomic E-state index is 1.24. The molecule has 7 aromatic carbocycles. The molecule has 0 radical (unpaired) electrons. The van der Waals surface area contributed by atoms with E-state index in [0.717, 1.165) is 0 Å². The van der Waals surface area contributed by atoms with Crippen LogP contribution in [0.3, 0.4) is 0 Å². The number of thiophene rings is 1. The molecule has 8 aromatic rings. The predicted molar refractivity (Wildman–Crippen MR) is 201 cm³/mol. The number of hydrogen-bond acceptors (Lipinski definition) is 1. The Morgan fingerprint density at radius 1 is 0.326 bits per heavy atom. The summed E-state index contributed by atoms with van der Waals surface area (Å²) < 4.78 is 0. The molecule has 2 heteroatoms. The van der Waals surface area contributed by atoms with Gasteiger partial charge in [0.15, 0.2) is 8.07 Å². The highest BCUT2D eigenvalue weighted by molar-refractivity contribution is 7.23. The summed E-state index contributed by atoms with van der Waals surface area (Å²) >= 11 is 1.93. The molecule has 0 spiro atoms. The fourth-order valence-corrected chi connectivity index (χ4v) is 14.1. The van der Waals surface area contributed by atoms with Crippen LogP contribution < -0.4 is 20.7 Å². The van der Waals surface area contributed by atoms with Gasteiger partial charge in [0, 0.05) is 26.1 Å². The summed E-state index contributed by atoms with van der Waals surface area (Å²) in [5.41, 5.74) is 7.85. The summed E-state index contributed by atoms with van der Waals surface area (Å²) in [5, 5.41) is 8.45. The van der Waals surface area contributed by atoms with Crippen LogP contribution >= 0.6 is 11.3 Å². The Kier molecular flexibility index (Phi) is 6.45. The Bertz CT molecular complexity index is 2300. The summed E-state index contributed by atoms with van der Waals surface area (Å²) in [6, 6.07) is 67.5. The van der Waals surface area contributed by atoms with Crippen LogP contribution in [0.4, 0.5) is 0 Å². The molecule has 1 aliphatic rings. The average Bonchev–Trinajstić information content (AvgIpc) is 3.68. The van der Waals surface area contributed by atoms with Gasteiger partial charge in [-0.05, 0) is 48.6 Å². The lowest BCUT2D eigenvalue weighted by molar-refractivity contribution is 1.62. The van der Waals surface area contributed by atoms with Crippen LogP contribution in [0.15, 0.2) is 182 Å². The number of benzene rings is 7. The van der Waals surface area contributed by atoms with E-state index in [1.54, 1.807) is 0 Å². The monoisotopic (exact) mass is 618 g/mol. The van der Waals surface area contributed by atoms with Gasteiger partial charge in [0.2, 0.25) is 0 Å². The highest BCUT2D eigenvalue weighted by Crippen LogP contribution is 2.47. The minimum Gasteiger partial charge on any atom is -0.134 e. The first-order valence-electron chi connectivity index (χ1n) is 15.9. The Balaban J connectivity index is 1.29. The molecule has 216 valence electrons. The summed E-state index contributed by atoms with van der Waals surface area (Å²) in [4.78, 5) is 2.67. The molecule has 0 aliphatic carbocycles. The molecule has 1 aromatic heterocycles. The van der Waals surface area contributed by atoms with Gasteiger partial charge in [0.1, 0.15) is 0 Å². The highest BCUT2D eigenvalue weighted by Gasteiger charge is 2.49. The highest BCUT2D eigenvalue weighted by atomic mass is 32.1. The largest absolute Gasteiger partial charge is 0.180 e.